The van der Waals surface area contributed by atoms with Crippen molar-refractivity contribution in [3.63, 3.8) is 0 Å². The summed E-state index contributed by atoms with van der Waals surface area (Å²) >= 11 is 0. The molecule has 198 valence electrons. The van der Waals surface area contributed by atoms with Crippen LogP contribution < -0.4 is 0 Å². The maximum atomic E-state index is 13.6. The number of benzene rings is 1. The molecule has 15 heteroatoms. The van der Waals surface area contributed by atoms with Crippen LogP contribution in [0.15, 0.2) is 40.3 Å². The summed E-state index contributed by atoms with van der Waals surface area (Å²) in [5, 5.41) is -1.11. The standard InChI is InChI=1S/C21H18F7NO5S2/c1-35(31,32)18-8-13(21(26,27)28)10-29-19(18)17(30)3-2-11-4-15(5-11)36(33,34)16-7-12(20(23,24)25)6-14(22)9-16/h6-11,15H,2-5H2,1H3. The van der Waals surface area contributed by atoms with Crippen LogP contribution >= 0.6 is 0 Å². The molecular formula is C21H18F7NO5S2. The molecule has 0 N–H and O–H groups in total. The highest BCUT2D eigenvalue weighted by atomic mass is 32.2. The molecular weight excluding hydrogens is 543 g/mol. The van der Waals surface area contributed by atoms with Crippen LogP contribution in [-0.4, -0.2) is 39.1 Å². The van der Waals surface area contributed by atoms with Crippen molar-refractivity contribution in [3.05, 3.63) is 53.1 Å². The molecule has 0 radical (unpaired) electrons. The van der Waals surface area contributed by atoms with Crippen LogP contribution in [0.2, 0.25) is 0 Å². The molecule has 0 aliphatic heterocycles. The normalized spacial score (nSPS) is 19.1. The minimum absolute atomic E-state index is 0.0354. The van der Waals surface area contributed by atoms with Gasteiger partial charge in [0.1, 0.15) is 11.5 Å². The lowest BCUT2D eigenvalue weighted by Gasteiger charge is -2.34. The summed E-state index contributed by atoms with van der Waals surface area (Å²) in [5.74, 6) is -2.62. The first-order chi connectivity index (χ1) is 16.3. The lowest BCUT2D eigenvalue weighted by molar-refractivity contribution is -0.138. The van der Waals surface area contributed by atoms with E-state index in [2.05, 4.69) is 4.98 Å². The van der Waals surface area contributed by atoms with Crippen molar-refractivity contribution >= 4 is 25.5 Å². The molecule has 1 saturated carbocycles. The van der Waals surface area contributed by atoms with E-state index < -0.39 is 75.5 Å². The van der Waals surface area contributed by atoms with Crippen LogP contribution in [0.1, 0.15) is 47.3 Å². The van der Waals surface area contributed by atoms with Gasteiger partial charge in [-0.15, -0.1) is 0 Å². The third kappa shape index (κ3) is 6.05. The largest absolute Gasteiger partial charge is 0.417 e. The maximum absolute atomic E-state index is 13.6. The van der Waals surface area contributed by atoms with Gasteiger partial charge in [-0.25, -0.2) is 21.2 Å². The van der Waals surface area contributed by atoms with Crippen LogP contribution in [0.3, 0.4) is 0 Å². The number of rotatable bonds is 7. The summed E-state index contributed by atoms with van der Waals surface area (Å²) in [6, 6.07) is 1.33. The Morgan fingerprint density at radius 3 is 2.06 bits per heavy atom. The van der Waals surface area contributed by atoms with Gasteiger partial charge in [-0.05, 0) is 49.4 Å². The highest BCUT2D eigenvalue weighted by Gasteiger charge is 2.41. The fourth-order valence-electron chi connectivity index (χ4n) is 3.79. The van der Waals surface area contributed by atoms with Crippen molar-refractivity contribution in [2.24, 2.45) is 5.92 Å². The number of carbonyl (C=O) groups excluding carboxylic acids is 1. The molecule has 0 unspecified atom stereocenters. The van der Waals surface area contributed by atoms with E-state index in [9.17, 15) is 52.4 Å². The topological polar surface area (TPSA) is 98.2 Å². The first-order valence-electron chi connectivity index (χ1n) is 10.2. The molecule has 3 rings (SSSR count). The molecule has 0 spiro atoms. The Kier molecular flexibility index (Phi) is 7.31. The molecule has 1 fully saturated rings. The van der Waals surface area contributed by atoms with Crippen LogP contribution in [-0.2, 0) is 32.0 Å². The van der Waals surface area contributed by atoms with E-state index in [4.69, 9.17) is 0 Å². The smallest absolute Gasteiger partial charge is 0.292 e. The van der Waals surface area contributed by atoms with E-state index in [1.165, 1.54) is 0 Å². The molecule has 0 atom stereocenters. The van der Waals surface area contributed by atoms with Gasteiger partial charge in [0.15, 0.2) is 25.5 Å². The second kappa shape index (κ2) is 9.39. The van der Waals surface area contributed by atoms with Gasteiger partial charge in [0.05, 0.1) is 26.2 Å². The first-order valence-corrected chi connectivity index (χ1v) is 13.7. The van der Waals surface area contributed by atoms with Gasteiger partial charge >= 0.3 is 12.4 Å². The number of hydrogen-bond acceptors (Lipinski definition) is 6. The van der Waals surface area contributed by atoms with Crippen molar-refractivity contribution < 1.29 is 52.4 Å². The zero-order chi connectivity index (χ0) is 27.3. The number of carbonyl (C=O) groups is 1. The van der Waals surface area contributed by atoms with Gasteiger partial charge in [0.25, 0.3) is 0 Å². The molecule has 1 aromatic heterocycles. The number of hydrogen-bond donors (Lipinski definition) is 0. The number of nitrogens with zero attached hydrogens (tertiary/aromatic N) is 1. The highest BCUT2D eigenvalue weighted by molar-refractivity contribution is 7.92. The van der Waals surface area contributed by atoms with E-state index in [1.54, 1.807) is 0 Å². The molecule has 1 aliphatic carbocycles. The first kappa shape index (κ1) is 28.0. The molecule has 0 amide bonds. The lowest BCUT2D eigenvalue weighted by Crippen LogP contribution is -2.36. The van der Waals surface area contributed by atoms with Gasteiger partial charge in [0, 0.05) is 18.9 Å². The van der Waals surface area contributed by atoms with Gasteiger partial charge in [0.2, 0.25) is 0 Å². The fourth-order valence-corrected chi connectivity index (χ4v) is 6.65. The predicted molar refractivity (Wildman–Crippen MR) is 111 cm³/mol. The zero-order valence-electron chi connectivity index (χ0n) is 18.3. The Bertz CT molecular complexity index is 1390. The number of aromatic nitrogens is 1. The second-order valence-electron chi connectivity index (χ2n) is 8.48. The minimum Gasteiger partial charge on any atom is -0.292 e. The SMILES string of the molecule is CS(=O)(=O)c1cc(C(F)(F)F)cnc1C(=O)CCC1CC(S(=O)(=O)c2cc(F)cc(C(F)(F)F)c2)C1. The van der Waals surface area contributed by atoms with Crippen LogP contribution in [0.4, 0.5) is 30.7 Å². The van der Waals surface area contributed by atoms with Gasteiger partial charge in [-0.3, -0.25) is 9.78 Å². The molecule has 0 bridgehead atoms. The summed E-state index contributed by atoms with van der Waals surface area (Å²) < 4.78 is 140. The summed E-state index contributed by atoms with van der Waals surface area (Å²) in [6.45, 7) is 0. The maximum Gasteiger partial charge on any atom is 0.417 e. The number of Topliss-reactive ketones (excluding diaryl/α,β-unsaturated/α-hetero) is 1. The molecule has 36 heavy (non-hydrogen) atoms. The summed E-state index contributed by atoms with van der Waals surface area (Å²) in [5.41, 5.74) is -3.47. The van der Waals surface area contributed by atoms with Crippen molar-refractivity contribution in [1.82, 2.24) is 4.98 Å². The average Bonchev–Trinajstić information content (AvgIpc) is 2.69. The Balaban J connectivity index is 1.69. The van der Waals surface area contributed by atoms with E-state index in [0.29, 0.717) is 30.7 Å². The van der Waals surface area contributed by atoms with Crippen molar-refractivity contribution in [1.29, 1.82) is 0 Å². The van der Waals surface area contributed by atoms with Crippen LogP contribution in [0.25, 0.3) is 0 Å². The summed E-state index contributed by atoms with van der Waals surface area (Å²) in [7, 11) is -8.54. The molecule has 1 heterocycles. The van der Waals surface area contributed by atoms with Crippen molar-refractivity contribution in [3.8, 4) is 0 Å². The lowest BCUT2D eigenvalue weighted by atomic mass is 9.81. The third-order valence-electron chi connectivity index (χ3n) is 5.78. The molecule has 1 aliphatic rings. The Morgan fingerprint density at radius 2 is 1.53 bits per heavy atom. The molecule has 0 saturated heterocycles. The Hall–Kier alpha value is -2.55. The van der Waals surface area contributed by atoms with Crippen LogP contribution in [0, 0.1) is 11.7 Å². The quantitative estimate of drug-likeness (QED) is 0.353. The molecule has 2 aromatic rings. The van der Waals surface area contributed by atoms with Crippen molar-refractivity contribution in [2.45, 2.75) is 53.1 Å². The predicted octanol–water partition coefficient (Wildman–Crippen LogP) is 4.88. The van der Waals surface area contributed by atoms with Gasteiger partial charge in [-0.1, -0.05) is 0 Å². The Morgan fingerprint density at radius 1 is 0.944 bits per heavy atom. The van der Waals surface area contributed by atoms with Gasteiger partial charge in [-0.2, -0.15) is 26.3 Å². The monoisotopic (exact) mass is 561 g/mol. The van der Waals surface area contributed by atoms with E-state index >= 15 is 0 Å². The van der Waals surface area contributed by atoms with Crippen molar-refractivity contribution in [2.75, 3.05) is 6.26 Å². The molecule has 6 nitrogen and oxygen atoms in total. The number of halogens is 7. The van der Waals surface area contributed by atoms with Crippen LogP contribution in [0.5, 0.6) is 0 Å². The zero-order valence-corrected chi connectivity index (χ0v) is 20.0. The Labute approximate surface area is 201 Å². The van der Waals surface area contributed by atoms with E-state index in [0.717, 1.165) is 0 Å². The fraction of sp³-hybridized carbons (Fsp3) is 0.429. The highest BCUT2D eigenvalue weighted by Crippen LogP contribution is 2.41. The summed E-state index contributed by atoms with van der Waals surface area (Å²) in [6.07, 6.45) is -9.29. The molecule has 1 aromatic carbocycles. The number of alkyl halides is 6. The third-order valence-corrected chi connectivity index (χ3v) is 9.05. The number of pyridine rings is 1. The van der Waals surface area contributed by atoms with E-state index in [-0.39, 0.29) is 37.7 Å². The summed E-state index contributed by atoms with van der Waals surface area (Å²) in [4.78, 5) is 14.2. The number of ketones is 1. The number of sulfone groups is 2. The average molecular weight is 561 g/mol. The second-order valence-corrected chi connectivity index (χ2v) is 12.7. The minimum atomic E-state index is -4.95. The van der Waals surface area contributed by atoms with E-state index in [1.807, 2.05) is 0 Å². The van der Waals surface area contributed by atoms with Gasteiger partial charge < -0.3 is 0 Å².